The standard InChI is InChI=1S/C7H9.C5H5.Hf/c1-6-4-3-5-7(6)2;1-2-4-5-3-1;/h3-5H,1-2H3;1-3H,4H2;. The van der Waals surface area contributed by atoms with E-state index in [4.69, 9.17) is 0 Å². The molecule has 2 rings (SSSR count). The van der Waals surface area contributed by atoms with Crippen LogP contribution < -0.4 is 0 Å². The van der Waals surface area contributed by atoms with Crippen molar-refractivity contribution < 1.29 is 22.9 Å². The topological polar surface area (TPSA) is 0 Å². The Hall–Kier alpha value is -0.170. The molecule has 0 radical (unpaired) electrons. The van der Waals surface area contributed by atoms with E-state index in [2.05, 4.69) is 50.3 Å². The Kier molecular flexibility index (Phi) is 2.55. The quantitative estimate of drug-likeness (QED) is 0.676. The number of rotatable bonds is 2. The molecule has 0 bridgehead atoms. The number of hydrogen-bond donors (Lipinski definition) is 0. The molecule has 0 aliphatic heterocycles. The van der Waals surface area contributed by atoms with E-state index in [-0.39, 0.29) is 0 Å². The average molecular weight is 337 g/mol. The van der Waals surface area contributed by atoms with Gasteiger partial charge in [-0.1, -0.05) is 0 Å². The van der Waals surface area contributed by atoms with Crippen molar-refractivity contribution in [2.45, 2.75) is 23.4 Å². The van der Waals surface area contributed by atoms with Gasteiger partial charge >= 0.3 is 91.7 Å². The van der Waals surface area contributed by atoms with Crippen LogP contribution in [0.5, 0.6) is 0 Å². The van der Waals surface area contributed by atoms with Crippen LogP contribution in [0, 0.1) is 0 Å². The maximum absolute atomic E-state index is 2.41. The molecular formula is C12H14Hf. The number of allylic oxidation sites excluding steroid dienone is 8. The van der Waals surface area contributed by atoms with Crippen molar-refractivity contribution >= 4 is 0 Å². The third-order valence-corrected chi connectivity index (χ3v) is 9.15. The summed E-state index contributed by atoms with van der Waals surface area (Å²) in [5.74, 6) is 0. The second-order valence-corrected chi connectivity index (χ2v) is 10.8. The molecule has 0 saturated carbocycles. The Labute approximate surface area is 91.5 Å². The minimum absolute atomic E-state index is 0.484. The van der Waals surface area contributed by atoms with Crippen molar-refractivity contribution in [3.63, 3.8) is 0 Å². The molecule has 0 saturated heterocycles. The molecule has 1 unspecified atom stereocenters. The summed E-state index contributed by atoms with van der Waals surface area (Å²) in [5.41, 5.74) is 1.57. The van der Waals surface area contributed by atoms with Crippen LogP contribution in [0.4, 0.5) is 0 Å². The summed E-state index contributed by atoms with van der Waals surface area (Å²) in [4.78, 5) is 0. The second-order valence-electron chi connectivity index (χ2n) is 3.86. The van der Waals surface area contributed by atoms with Gasteiger partial charge in [-0.2, -0.15) is 0 Å². The molecule has 0 N–H and O–H groups in total. The predicted octanol–water partition coefficient (Wildman–Crippen LogP) is 3.61. The van der Waals surface area contributed by atoms with Crippen LogP contribution in [-0.2, 0) is 22.9 Å². The van der Waals surface area contributed by atoms with Crippen LogP contribution in [0.15, 0.2) is 45.4 Å². The molecule has 13 heavy (non-hydrogen) atoms. The van der Waals surface area contributed by atoms with Gasteiger partial charge in [-0.3, -0.25) is 0 Å². The number of hydrogen-bond acceptors (Lipinski definition) is 0. The molecule has 0 aromatic heterocycles. The normalized spacial score (nSPS) is 30.6. The Morgan fingerprint density at radius 1 is 1.31 bits per heavy atom. The first kappa shape index (κ1) is 9.39. The third-order valence-electron chi connectivity index (χ3n) is 2.79. The van der Waals surface area contributed by atoms with Gasteiger partial charge in [-0.05, 0) is 0 Å². The van der Waals surface area contributed by atoms with E-state index in [9.17, 15) is 0 Å². The van der Waals surface area contributed by atoms with Gasteiger partial charge in [0, 0.05) is 0 Å². The SMILES string of the molecule is CC1=CC=C[C]1(C)[Hf][C]1=CC=CC1. The van der Waals surface area contributed by atoms with Gasteiger partial charge in [0.05, 0.1) is 0 Å². The summed E-state index contributed by atoms with van der Waals surface area (Å²) in [5, 5.41) is 0. The van der Waals surface area contributed by atoms with Crippen molar-refractivity contribution in [3.05, 3.63) is 45.4 Å². The van der Waals surface area contributed by atoms with Gasteiger partial charge < -0.3 is 0 Å². The predicted molar refractivity (Wildman–Crippen MR) is 53.1 cm³/mol. The fraction of sp³-hybridized carbons (Fsp3) is 0.333. The van der Waals surface area contributed by atoms with E-state index in [1.54, 1.807) is 8.90 Å². The van der Waals surface area contributed by atoms with Crippen molar-refractivity contribution in [2.24, 2.45) is 0 Å². The molecule has 0 spiro atoms. The third kappa shape index (κ3) is 1.85. The van der Waals surface area contributed by atoms with Gasteiger partial charge in [0.1, 0.15) is 0 Å². The van der Waals surface area contributed by atoms with Crippen LogP contribution >= 0.6 is 0 Å². The van der Waals surface area contributed by atoms with E-state index in [0.29, 0.717) is 3.17 Å². The van der Waals surface area contributed by atoms with Gasteiger partial charge in [-0.25, -0.2) is 0 Å². The zero-order chi connectivity index (χ0) is 9.31. The molecule has 2 aliphatic rings. The van der Waals surface area contributed by atoms with Crippen LogP contribution in [0.1, 0.15) is 20.3 Å². The molecule has 0 heterocycles. The summed E-state index contributed by atoms with van der Waals surface area (Å²) in [6.45, 7) is 4.68. The summed E-state index contributed by atoms with van der Waals surface area (Å²) in [6, 6.07) is 0. The van der Waals surface area contributed by atoms with Crippen LogP contribution in [-0.4, -0.2) is 0 Å². The molecule has 1 heteroatoms. The van der Waals surface area contributed by atoms with E-state index in [1.807, 2.05) is 0 Å². The van der Waals surface area contributed by atoms with Gasteiger partial charge in [0.15, 0.2) is 0 Å². The average Bonchev–Trinajstić information content (AvgIpc) is 2.65. The van der Waals surface area contributed by atoms with Crippen LogP contribution in [0.2, 0.25) is 3.17 Å². The molecule has 0 aromatic carbocycles. The first-order valence-electron chi connectivity index (χ1n) is 4.71. The Bertz CT molecular complexity index is 331. The summed E-state index contributed by atoms with van der Waals surface area (Å²) >= 11 is -0.662. The molecule has 0 fully saturated rings. The summed E-state index contributed by atoms with van der Waals surface area (Å²) < 4.78 is 2.24. The van der Waals surface area contributed by atoms with Gasteiger partial charge in [0.25, 0.3) is 0 Å². The van der Waals surface area contributed by atoms with Crippen LogP contribution in [0.25, 0.3) is 0 Å². The van der Waals surface area contributed by atoms with E-state index < -0.39 is 22.9 Å². The molecule has 1 atom stereocenters. The van der Waals surface area contributed by atoms with E-state index in [0.717, 1.165) is 0 Å². The van der Waals surface area contributed by atoms with Crippen molar-refractivity contribution in [1.29, 1.82) is 0 Å². The Balaban J connectivity index is 2.09. The first-order valence-corrected chi connectivity index (χ1v) is 8.30. The minimum atomic E-state index is -0.662. The second kappa shape index (κ2) is 3.53. The van der Waals surface area contributed by atoms with Crippen molar-refractivity contribution in [2.75, 3.05) is 0 Å². The molecule has 0 nitrogen and oxygen atoms in total. The summed E-state index contributed by atoms with van der Waals surface area (Å²) in [6.07, 6.45) is 15.0. The fourth-order valence-electron chi connectivity index (χ4n) is 1.70. The summed E-state index contributed by atoms with van der Waals surface area (Å²) in [7, 11) is 0. The molecule has 66 valence electrons. The Morgan fingerprint density at radius 3 is 2.69 bits per heavy atom. The molecular weight excluding hydrogens is 323 g/mol. The van der Waals surface area contributed by atoms with Gasteiger partial charge in [0.2, 0.25) is 0 Å². The van der Waals surface area contributed by atoms with E-state index in [1.165, 1.54) is 6.42 Å². The Morgan fingerprint density at radius 2 is 2.15 bits per heavy atom. The first-order chi connectivity index (χ1) is 6.21. The fourth-order valence-corrected chi connectivity index (χ4v) is 7.19. The van der Waals surface area contributed by atoms with E-state index >= 15 is 0 Å². The monoisotopic (exact) mass is 338 g/mol. The zero-order valence-electron chi connectivity index (χ0n) is 8.17. The molecule has 2 aliphatic carbocycles. The zero-order valence-corrected chi connectivity index (χ0v) is 11.8. The van der Waals surface area contributed by atoms with Crippen LogP contribution in [0.3, 0.4) is 0 Å². The van der Waals surface area contributed by atoms with Crippen molar-refractivity contribution in [1.82, 2.24) is 0 Å². The molecule has 0 aromatic rings. The maximum atomic E-state index is 2.41. The molecule has 0 amide bonds. The van der Waals surface area contributed by atoms with Gasteiger partial charge in [-0.15, -0.1) is 0 Å². The van der Waals surface area contributed by atoms with Crippen molar-refractivity contribution in [3.8, 4) is 0 Å².